The van der Waals surface area contributed by atoms with Gasteiger partial charge in [-0.05, 0) is 6.92 Å². The number of anilines is 2. The monoisotopic (exact) mass is 217 g/mol. The molecule has 0 saturated carbocycles. The van der Waals surface area contributed by atoms with Crippen LogP contribution >= 0.6 is 0 Å². The summed E-state index contributed by atoms with van der Waals surface area (Å²) in [5, 5.41) is 0. The van der Waals surface area contributed by atoms with Gasteiger partial charge in [0.1, 0.15) is 17.5 Å². The van der Waals surface area contributed by atoms with Crippen molar-refractivity contribution in [2.75, 3.05) is 23.9 Å². The second-order valence-corrected chi connectivity index (χ2v) is 3.07. The van der Waals surface area contributed by atoms with E-state index in [4.69, 9.17) is 5.84 Å². The number of aromatic nitrogens is 2. The summed E-state index contributed by atoms with van der Waals surface area (Å²) in [5.41, 5.74) is 2.35. The summed E-state index contributed by atoms with van der Waals surface area (Å²) in [6.07, 6.45) is -2.40. The minimum Gasteiger partial charge on any atom is -0.354 e. The van der Waals surface area contributed by atoms with Gasteiger partial charge in [0.15, 0.2) is 0 Å². The number of rotatable bonds is 4. The molecule has 0 aliphatic heterocycles. The number of hydrazine groups is 1. The molecule has 0 amide bonds. The van der Waals surface area contributed by atoms with Crippen LogP contribution in [0.5, 0.6) is 0 Å². The molecule has 1 aromatic rings. The van der Waals surface area contributed by atoms with E-state index in [1.165, 1.54) is 18.0 Å². The molecule has 84 valence electrons. The van der Waals surface area contributed by atoms with Crippen molar-refractivity contribution < 1.29 is 8.78 Å². The zero-order chi connectivity index (χ0) is 11.4. The Labute approximate surface area is 86.3 Å². The summed E-state index contributed by atoms with van der Waals surface area (Å²) in [4.78, 5) is 9.32. The first-order valence-corrected chi connectivity index (χ1v) is 4.34. The van der Waals surface area contributed by atoms with Crippen molar-refractivity contribution in [3.05, 3.63) is 11.9 Å². The van der Waals surface area contributed by atoms with E-state index in [-0.39, 0.29) is 6.54 Å². The summed E-state index contributed by atoms with van der Waals surface area (Å²) in [6.45, 7) is 1.29. The summed E-state index contributed by atoms with van der Waals surface area (Å²) in [5.74, 6) is 6.47. The quantitative estimate of drug-likeness (QED) is 0.576. The van der Waals surface area contributed by atoms with Crippen molar-refractivity contribution in [2.24, 2.45) is 5.84 Å². The molecular weight excluding hydrogens is 204 g/mol. The molecule has 0 bridgehead atoms. The SMILES string of the molecule is Cc1nc(NN)cc(N(C)CC(F)F)n1. The van der Waals surface area contributed by atoms with E-state index in [1.807, 2.05) is 0 Å². The van der Waals surface area contributed by atoms with E-state index in [2.05, 4.69) is 15.4 Å². The minimum absolute atomic E-state index is 0.375. The van der Waals surface area contributed by atoms with Gasteiger partial charge < -0.3 is 10.3 Å². The number of nitrogen functional groups attached to an aromatic ring is 1. The highest BCUT2D eigenvalue weighted by Crippen LogP contribution is 2.14. The second-order valence-electron chi connectivity index (χ2n) is 3.07. The van der Waals surface area contributed by atoms with Crippen LogP contribution in [0.25, 0.3) is 0 Å². The van der Waals surface area contributed by atoms with Crippen LogP contribution in [0.3, 0.4) is 0 Å². The van der Waals surface area contributed by atoms with Gasteiger partial charge in [0.05, 0.1) is 6.54 Å². The molecule has 0 spiro atoms. The number of hydrogen-bond acceptors (Lipinski definition) is 5. The number of alkyl halides is 2. The Hall–Kier alpha value is -1.50. The van der Waals surface area contributed by atoms with E-state index < -0.39 is 6.43 Å². The van der Waals surface area contributed by atoms with Crippen LogP contribution in [0.1, 0.15) is 5.82 Å². The van der Waals surface area contributed by atoms with E-state index in [9.17, 15) is 8.78 Å². The molecule has 1 aromatic heterocycles. The van der Waals surface area contributed by atoms with Gasteiger partial charge in [-0.25, -0.2) is 24.6 Å². The Morgan fingerprint density at radius 1 is 1.53 bits per heavy atom. The van der Waals surface area contributed by atoms with Crippen molar-refractivity contribution in [3.63, 3.8) is 0 Å². The Kier molecular flexibility index (Phi) is 3.73. The van der Waals surface area contributed by atoms with E-state index >= 15 is 0 Å². The molecule has 0 atom stereocenters. The summed E-state index contributed by atoms with van der Waals surface area (Å²) in [6, 6.07) is 1.51. The molecule has 1 rings (SSSR count). The average molecular weight is 217 g/mol. The third kappa shape index (κ3) is 3.28. The lowest BCUT2D eigenvalue weighted by Crippen LogP contribution is -2.25. The number of hydrogen-bond donors (Lipinski definition) is 2. The first kappa shape index (κ1) is 11.6. The fourth-order valence-electron chi connectivity index (χ4n) is 1.12. The van der Waals surface area contributed by atoms with E-state index in [0.717, 1.165) is 0 Å². The smallest absolute Gasteiger partial charge is 0.255 e. The number of nitrogens with two attached hydrogens (primary N) is 1. The van der Waals surface area contributed by atoms with Crippen molar-refractivity contribution in [1.29, 1.82) is 0 Å². The van der Waals surface area contributed by atoms with Crippen LogP contribution in [0.2, 0.25) is 0 Å². The van der Waals surface area contributed by atoms with Crippen molar-refractivity contribution in [2.45, 2.75) is 13.3 Å². The molecule has 0 radical (unpaired) electrons. The molecule has 0 aromatic carbocycles. The topological polar surface area (TPSA) is 67.1 Å². The van der Waals surface area contributed by atoms with Gasteiger partial charge in [-0.1, -0.05) is 0 Å². The fraction of sp³-hybridized carbons (Fsp3) is 0.500. The molecule has 3 N–H and O–H groups in total. The Bertz CT molecular complexity index is 331. The van der Waals surface area contributed by atoms with Gasteiger partial charge in [-0.15, -0.1) is 0 Å². The van der Waals surface area contributed by atoms with Crippen molar-refractivity contribution in [3.8, 4) is 0 Å². The van der Waals surface area contributed by atoms with Crippen molar-refractivity contribution >= 4 is 11.6 Å². The highest BCUT2D eigenvalue weighted by Gasteiger charge is 2.11. The molecule has 0 aliphatic rings. The van der Waals surface area contributed by atoms with Gasteiger partial charge in [0, 0.05) is 13.1 Å². The zero-order valence-electron chi connectivity index (χ0n) is 8.54. The van der Waals surface area contributed by atoms with E-state index in [0.29, 0.717) is 17.5 Å². The number of halogens is 2. The van der Waals surface area contributed by atoms with Crippen LogP contribution in [-0.2, 0) is 0 Å². The summed E-state index contributed by atoms with van der Waals surface area (Å²) < 4.78 is 24.3. The second kappa shape index (κ2) is 4.83. The third-order valence-corrected chi connectivity index (χ3v) is 1.78. The first-order chi connectivity index (χ1) is 7.02. The molecule has 5 nitrogen and oxygen atoms in total. The molecule has 7 heteroatoms. The minimum atomic E-state index is -2.40. The molecule has 0 aliphatic carbocycles. The maximum Gasteiger partial charge on any atom is 0.255 e. The van der Waals surface area contributed by atoms with Crippen LogP contribution in [0, 0.1) is 6.92 Å². The summed E-state index contributed by atoms with van der Waals surface area (Å²) >= 11 is 0. The average Bonchev–Trinajstić information content (AvgIpc) is 2.15. The van der Waals surface area contributed by atoms with Crippen LogP contribution in [0.15, 0.2) is 6.07 Å². The fourth-order valence-corrected chi connectivity index (χ4v) is 1.12. The lowest BCUT2D eigenvalue weighted by atomic mass is 10.4. The highest BCUT2D eigenvalue weighted by atomic mass is 19.3. The standard InChI is InChI=1S/C8H13F2N5/c1-5-12-7(14-11)3-8(13-5)15(2)4-6(9)10/h3,6H,4,11H2,1-2H3,(H,12,13,14). The van der Waals surface area contributed by atoms with Gasteiger partial charge in [0.25, 0.3) is 6.43 Å². The van der Waals surface area contributed by atoms with Gasteiger partial charge in [-0.2, -0.15) is 0 Å². The molecular formula is C8H13F2N5. The maximum atomic E-state index is 12.1. The number of nitrogens with one attached hydrogen (secondary N) is 1. The highest BCUT2D eigenvalue weighted by molar-refractivity contribution is 5.48. The molecule has 0 fully saturated rings. The van der Waals surface area contributed by atoms with Gasteiger partial charge in [0.2, 0.25) is 0 Å². The maximum absolute atomic E-state index is 12.1. The number of nitrogens with zero attached hydrogens (tertiary/aromatic N) is 3. The molecule has 1 heterocycles. The molecule has 15 heavy (non-hydrogen) atoms. The van der Waals surface area contributed by atoms with Crippen LogP contribution < -0.4 is 16.2 Å². The third-order valence-electron chi connectivity index (χ3n) is 1.78. The first-order valence-electron chi connectivity index (χ1n) is 4.34. The Balaban J connectivity index is 2.88. The van der Waals surface area contributed by atoms with E-state index in [1.54, 1.807) is 6.92 Å². The van der Waals surface area contributed by atoms with Gasteiger partial charge in [-0.3, -0.25) is 0 Å². The van der Waals surface area contributed by atoms with Gasteiger partial charge >= 0.3 is 0 Å². The zero-order valence-corrected chi connectivity index (χ0v) is 8.54. The Morgan fingerprint density at radius 2 is 2.20 bits per heavy atom. The predicted octanol–water partition coefficient (Wildman–Crippen LogP) is 0.772. The number of aryl methyl sites for hydroxylation is 1. The normalized spacial score (nSPS) is 10.5. The largest absolute Gasteiger partial charge is 0.354 e. The predicted molar refractivity (Wildman–Crippen MR) is 53.9 cm³/mol. The molecule has 0 unspecified atom stereocenters. The Morgan fingerprint density at radius 3 is 2.73 bits per heavy atom. The lowest BCUT2D eigenvalue weighted by Gasteiger charge is -2.18. The van der Waals surface area contributed by atoms with Crippen LogP contribution in [-0.4, -0.2) is 30.0 Å². The summed E-state index contributed by atoms with van der Waals surface area (Å²) in [7, 11) is 1.54. The lowest BCUT2D eigenvalue weighted by molar-refractivity contribution is 0.156. The molecule has 0 saturated heterocycles. The van der Waals surface area contributed by atoms with Crippen molar-refractivity contribution in [1.82, 2.24) is 9.97 Å². The van der Waals surface area contributed by atoms with Crippen LogP contribution in [0.4, 0.5) is 20.4 Å².